The van der Waals surface area contributed by atoms with Crippen molar-refractivity contribution < 1.29 is 13.2 Å². The lowest BCUT2D eigenvalue weighted by Gasteiger charge is -2.04. The second kappa shape index (κ2) is 5.82. The molecule has 0 aliphatic heterocycles. The molecule has 0 unspecified atom stereocenters. The standard InChI is InChI=1S/C11H17F3N2S/c1-7(2)10-8(6-15-3)17-9(16-10)4-5-11(12,13)14/h7,15H,4-6H2,1-3H3. The van der Waals surface area contributed by atoms with Gasteiger partial charge >= 0.3 is 6.18 Å². The van der Waals surface area contributed by atoms with Crippen molar-refractivity contribution in [2.24, 2.45) is 0 Å². The SMILES string of the molecule is CNCc1sc(CCC(F)(F)F)nc1C(C)C. The molecular formula is C11H17F3N2S. The van der Waals surface area contributed by atoms with E-state index in [0.717, 1.165) is 10.6 Å². The highest BCUT2D eigenvalue weighted by Crippen LogP contribution is 2.28. The summed E-state index contributed by atoms with van der Waals surface area (Å²) in [5.41, 5.74) is 0.918. The quantitative estimate of drug-likeness (QED) is 0.882. The molecule has 0 spiro atoms. The highest BCUT2D eigenvalue weighted by Gasteiger charge is 2.27. The van der Waals surface area contributed by atoms with E-state index in [2.05, 4.69) is 10.3 Å². The first-order valence-electron chi connectivity index (χ1n) is 5.53. The lowest BCUT2D eigenvalue weighted by atomic mass is 10.1. The highest BCUT2D eigenvalue weighted by molar-refractivity contribution is 7.11. The first kappa shape index (κ1) is 14.4. The van der Waals surface area contributed by atoms with Gasteiger partial charge in [0.05, 0.1) is 10.7 Å². The van der Waals surface area contributed by atoms with Crippen LogP contribution >= 0.6 is 11.3 Å². The van der Waals surface area contributed by atoms with Crippen LogP contribution in [-0.2, 0) is 13.0 Å². The Kier molecular flexibility index (Phi) is 4.94. The fraction of sp³-hybridized carbons (Fsp3) is 0.727. The molecule has 1 rings (SSSR count). The second-order valence-electron chi connectivity index (χ2n) is 4.22. The number of aryl methyl sites for hydroxylation is 1. The van der Waals surface area contributed by atoms with E-state index < -0.39 is 12.6 Å². The van der Waals surface area contributed by atoms with Gasteiger partial charge in [0.1, 0.15) is 0 Å². The Hall–Kier alpha value is -0.620. The summed E-state index contributed by atoms with van der Waals surface area (Å²) in [6.07, 6.45) is -4.92. The Morgan fingerprint density at radius 3 is 2.47 bits per heavy atom. The van der Waals surface area contributed by atoms with Gasteiger partial charge in [0.2, 0.25) is 0 Å². The van der Waals surface area contributed by atoms with Gasteiger partial charge in [-0.25, -0.2) is 4.98 Å². The van der Waals surface area contributed by atoms with E-state index in [4.69, 9.17) is 0 Å². The molecule has 6 heteroatoms. The molecule has 17 heavy (non-hydrogen) atoms. The van der Waals surface area contributed by atoms with Crippen LogP contribution in [0.2, 0.25) is 0 Å². The zero-order valence-electron chi connectivity index (χ0n) is 10.2. The number of thiazole rings is 1. The molecule has 0 radical (unpaired) electrons. The molecule has 1 aromatic rings. The van der Waals surface area contributed by atoms with Gasteiger partial charge in [0.15, 0.2) is 0 Å². The third kappa shape index (κ3) is 4.63. The normalized spacial score (nSPS) is 12.4. The molecule has 2 nitrogen and oxygen atoms in total. The predicted octanol–water partition coefficient (Wildman–Crippen LogP) is 3.48. The van der Waals surface area contributed by atoms with Crippen molar-refractivity contribution in [3.05, 3.63) is 15.6 Å². The van der Waals surface area contributed by atoms with Crippen molar-refractivity contribution in [2.75, 3.05) is 7.05 Å². The Morgan fingerprint density at radius 2 is 2.00 bits per heavy atom. The molecule has 0 saturated carbocycles. The van der Waals surface area contributed by atoms with Gasteiger partial charge in [-0.1, -0.05) is 13.8 Å². The summed E-state index contributed by atoms with van der Waals surface area (Å²) in [6.45, 7) is 4.67. The number of hydrogen-bond acceptors (Lipinski definition) is 3. The third-order valence-corrected chi connectivity index (χ3v) is 3.41. The molecule has 1 heterocycles. The van der Waals surface area contributed by atoms with E-state index in [1.807, 2.05) is 20.9 Å². The molecule has 0 bridgehead atoms. The first-order valence-corrected chi connectivity index (χ1v) is 6.35. The summed E-state index contributed by atoms with van der Waals surface area (Å²) >= 11 is 1.38. The number of nitrogens with one attached hydrogen (secondary N) is 1. The Labute approximate surface area is 103 Å². The van der Waals surface area contributed by atoms with Gasteiger partial charge in [0.25, 0.3) is 0 Å². The van der Waals surface area contributed by atoms with Gasteiger partial charge in [-0.15, -0.1) is 11.3 Å². The van der Waals surface area contributed by atoms with Crippen LogP contribution in [0, 0.1) is 0 Å². The number of hydrogen-bond donors (Lipinski definition) is 1. The lowest BCUT2D eigenvalue weighted by Crippen LogP contribution is -2.08. The molecule has 0 atom stereocenters. The maximum Gasteiger partial charge on any atom is 0.389 e. The summed E-state index contributed by atoms with van der Waals surface area (Å²) in [6, 6.07) is 0. The van der Waals surface area contributed by atoms with Gasteiger partial charge in [-0.05, 0) is 13.0 Å². The average Bonchev–Trinajstić information content (AvgIpc) is 2.58. The molecule has 0 aromatic carbocycles. The fourth-order valence-corrected chi connectivity index (χ4v) is 2.74. The molecule has 0 aliphatic carbocycles. The molecule has 0 aliphatic rings. The van der Waals surface area contributed by atoms with Crippen molar-refractivity contribution in [2.45, 2.75) is 45.3 Å². The van der Waals surface area contributed by atoms with E-state index in [1.165, 1.54) is 11.3 Å². The molecular weight excluding hydrogens is 249 g/mol. The molecule has 1 N–H and O–H groups in total. The maximum absolute atomic E-state index is 12.1. The van der Waals surface area contributed by atoms with E-state index in [9.17, 15) is 13.2 Å². The number of rotatable bonds is 5. The van der Waals surface area contributed by atoms with E-state index in [0.29, 0.717) is 11.6 Å². The fourth-order valence-electron chi connectivity index (χ4n) is 1.51. The summed E-state index contributed by atoms with van der Waals surface area (Å²) in [5.74, 6) is 0.245. The predicted molar refractivity (Wildman–Crippen MR) is 63.3 cm³/mol. The Balaban J connectivity index is 2.77. The first-order chi connectivity index (χ1) is 7.83. The van der Waals surface area contributed by atoms with Crippen molar-refractivity contribution in [1.82, 2.24) is 10.3 Å². The van der Waals surface area contributed by atoms with Gasteiger partial charge < -0.3 is 5.32 Å². The molecule has 98 valence electrons. The maximum atomic E-state index is 12.1. The topological polar surface area (TPSA) is 24.9 Å². The van der Waals surface area contributed by atoms with Gasteiger partial charge in [-0.2, -0.15) is 13.2 Å². The molecule has 0 amide bonds. The monoisotopic (exact) mass is 266 g/mol. The van der Waals surface area contributed by atoms with Crippen molar-refractivity contribution in [1.29, 1.82) is 0 Å². The van der Waals surface area contributed by atoms with Crippen molar-refractivity contribution in [3.63, 3.8) is 0 Å². The van der Waals surface area contributed by atoms with Crippen LogP contribution < -0.4 is 5.32 Å². The van der Waals surface area contributed by atoms with E-state index in [-0.39, 0.29) is 12.3 Å². The van der Waals surface area contributed by atoms with Gasteiger partial charge in [-0.3, -0.25) is 0 Å². The van der Waals surface area contributed by atoms with Crippen molar-refractivity contribution in [3.8, 4) is 0 Å². The summed E-state index contributed by atoms with van der Waals surface area (Å²) in [5, 5.41) is 3.59. The smallest absolute Gasteiger partial charge is 0.315 e. The molecule has 0 saturated heterocycles. The van der Waals surface area contributed by atoms with Crippen LogP contribution in [0.1, 0.15) is 41.8 Å². The van der Waals surface area contributed by atoms with Crippen molar-refractivity contribution >= 4 is 11.3 Å². The lowest BCUT2D eigenvalue weighted by molar-refractivity contribution is -0.134. The number of alkyl halides is 3. The van der Waals surface area contributed by atoms with E-state index in [1.54, 1.807) is 0 Å². The van der Waals surface area contributed by atoms with Crippen LogP contribution in [0.25, 0.3) is 0 Å². The number of nitrogens with zero attached hydrogens (tertiary/aromatic N) is 1. The van der Waals surface area contributed by atoms with Crippen LogP contribution in [0.5, 0.6) is 0 Å². The second-order valence-corrected chi connectivity index (χ2v) is 5.38. The zero-order valence-corrected chi connectivity index (χ0v) is 11.0. The van der Waals surface area contributed by atoms with Gasteiger partial charge in [0, 0.05) is 24.3 Å². The minimum atomic E-state index is -4.10. The number of aromatic nitrogens is 1. The largest absolute Gasteiger partial charge is 0.389 e. The molecule has 1 aromatic heterocycles. The summed E-state index contributed by atoms with van der Waals surface area (Å²) in [4.78, 5) is 5.35. The van der Waals surface area contributed by atoms with Crippen LogP contribution in [0.3, 0.4) is 0 Å². The third-order valence-electron chi connectivity index (χ3n) is 2.28. The summed E-state index contributed by atoms with van der Waals surface area (Å²) in [7, 11) is 1.82. The Morgan fingerprint density at radius 1 is 1.35 bits per heavy atom. The zero-order chi connectivity index (χ0) is 13.1. The molecule has 0 fully saturated rings. The summed E-state index contributed by atoms with van der Waals surface area (Å²) < 4.78 is 36.4. The van der Waals surface area contributed by atoms with E-state index >= 15 is 0 Å². The number of halogens is 3. The Bertz CT molecular complexity index is 358. The van der Waals surface area contributed by atoms with Crippen LogP contribution in [-0.4, -0.2) is 18.2 Å². The average molecular weight is 266 g/mol. The minimum Gasteiger partial charge on any atom is -0.315 e. The minimum absolute atomic E-state index is 0.0163. The van der Waals surface area contributed by atoms with Crippen LogP contribution in [0.15, 0.2) is 0 Å². The van der Waals surface area contributed by atoms with Crippen LogP contribution in [0.4, 0.5) is 13.2 Å². The highest BCUT2D eigenvalue weighted by atomic mass is 32.1.